The van der Waals surface area contributed by atoms with Crippen LogP contribution in [0.25, 0.3) is 16.1 Å². The number of thiazole rings is 1. The number of carbonyl (C=O) groups excluding carboxylic acids is 4. The number of anilines is 1. The number of rotatable bonds is 31. The molecule has 1 fully saturated rings. The van der Waals surface area contributed by atoms with E-state index in [9.17, 15) is 19.2 Å². The first-order valence-electron chi connectivity index (χ1n) is 28.5. The van der Waals surface area contributed by atoms with Crippen molar-refractivity contribution in [2.24, 2.45) is 17.5 Å². The van der Waals surface area contributed by atoms with Gasteiger partial charge < -0.3 is 55.0 Å². The second-order valence-corrected chi connectivity index (χ2v) is 21.1. The highest BCUT2D eigenvalue weighted by atomic mass is 32.1. The average molecular weight is 1170 g/mol. The van der Waals surface area contributed by atoms with Crippen molar-refractivity contribution in [1.82, 2.24) is 45.9 Å². The molecule has 82 heavy (non-hydrogen) atoms. The summed E-state index contributed by atoms with van der Waals surface area (Å²) in [6.07, 6.45) is 13.0. The molecule has 1 atom stereocenters. The molecule has 2 aliphatic heterocycles. The molecule has 0 spiro atoms. The summed E-state index contributed by atoms with van der Waals surface area (Å²) in [5, 5.41) is 24.1. The third kappa shape index (κ3) is 25.2. The van der Waals surface area contributed by atoms with Gasteiger partial charge in [0.05, 0.1) is 61.4 Å². The monoisotopic (exact) mass is 1170 g/mol. The smallest absolute Gasteiger partial charge is 0.251 e. The van der Waals surface area contributed by atoms with E-state index in [4.69, 9.17) is 18.9 Å². The molecule has 2 aromatic heterocycles. The minimum atomic E-state index is -0.313. The number of carbonyl (C=O) groups is 4. The number of ether oxygens (including phenoxy) is 4. The number of aromatic nitrogens is 4. The van der Waals surface area contributed by atoms with Crippen LogP contribution in [0.3, 0.4) is 0 Å². The first-order chi connectivity index (χ1) is 39.9. The Morgan fingerprint density at radius 1 is 0.805 bits per heavy atom. The summed E-state index contributed by atoms with van der Waals surface area (Å²) >= 11 is 5.15. The third-order valence-corrected chi connectivity index (χ3v) is 13.7. The molecule has 1 unspecified atom stereocenters. The molecule has 0 bridgehead atoms. The Kier molecular flexibility index (Phi) is 32.2. The van der Waals surface area contributed by atoms with E-state index in [1.807, 2.05) is 98.6 Å². The normalized spacial score (nSPS) is 13.4. The largest absolute Gasteiger partial charge is 0.494 e. The maximum Gasteiger partial charge on any atom is 0.251 e. The second kappa shape index (κ2) is 38.9. The number of nitrogens with one attached hydrogen (secondary N) is 5. The number of nitrogens with zero attached hydrogens (tertiary/aromatic N) is 6. The SMILES string of the molecule is CC.CS.Cc1ncsc1-c1ccc(CNC(=O)C2CCCN2C=O)cc1.Cn1c(CNc2cccc(C(=O)NCc3cccc(OCCCCCCOCCOCCOCCCC(=O)NCC(C)(C)C)c3)c2)nnc1C1=CC=NCN1. The summed E-state index contributed by atoms with van der Waals surface area (Å²) in [5.41, 5.74) is 8.38. The van der Waals surface area contributed by atoms with Gasteiger partial charge in [-0.05, 0) is 110 Å². The predicted octanol–water partition coefficient (Wildman–Crippen LogP) is 9.19. The second-order valence-electron chi connectivity index (χ2n) is 20.2. The summed E-state index contributed by atoms with van der Waals surface area (Å²) in [6, 6.07) is 23.1. The number of unbranched alkanes of at least 4 members (excludes halogenated alkanes) is 3. The van der Waals surface area contributed by atoms with Crippen molar-refractivity contribution >= 4 is 65.7 Å². The lowest BCUT2D eigenvalue weighted by Crippen LogP contribution is -2.42. The number of aryl methyl sites for hydroxylation is 1. The van der Waals surface area contributed by atoms with Crippen LogP contribution in [-0.2, 0) is 55.3 Å². The van der Waals surface area contributed by atoms with Gasteiger partial charge in [-0.1, -0.05) is 83.5 Å². The Morgan fingerprint density at radius 2 is 1.50 bits per heavy atom. The zero-order chi connectivity index (χ0) is 59.4. The minimum absolute atomic E-state index is 0.0722. The van der Waals surface area contributed by atoms with E-state index >= 15 is 0 Å². The van der Waals surface area contributed by atoms with E-state index in [1.165, 1.54) is 4.88 Å². The molecule has 19 nitrogen and oxygen atoms in total. The Labute approximate surface area is 495 Å². The summed E-state index contributed by atoms with van der Waals surface area (Å²) in [6.45, 7) is 19.5. The highest BCUT2D eigenvalue weighted by Crippen LogP contribution is 2.27. The molecule has 5 N–H and O–H groups in total. The van der Waals surface area contributed by atoms with Gasteiger partial charge in [-0.15, -0.1) is 21.5 Å². The maximum atomic E-state index is 13.0. The fourth-order valence-electron chi connectivity index (χ4n) is 8.29. The van der Waals surface area contributed by atoms with Crippen LogP contribution in [0.1, 0.15) is 125 Å². The predicted molar refractivity (Wildman–Crippen MR) is 331 cm³/mol. The Hall–Kier alpha value is -6.65. The highest BCUT2D eigenvalue weighted by Gasteiger charge is 2.29. The van der Waals surface area contributed by atoms with Gasteiger partial charge in [-0.3, -0.25) is 24.2 Å². The van der Waals surface area contributed by atoms with Crippen molar-refractivity contribution < 1.29 is 38.1 Å². The molecule has 5 aromatic rings. The van der Waals surface area contributed by atoms with Gasteiger partial charge in [-0.2, -0.15) is 12.6 Å². The van der Waals surface area contributed by atoms with Crippen LogP contribution < -0.4 is 31.3 Å². The number of likely N-dealkylation sites (tertiary alicyclic amines) is 1. The van der Waals surface area contributed by atoms with Gasteiger partial charge in [0.1, 0.15) is 18.5 Å². The van der Waals surface area contributed by atoms with Crippen LogP contribution in [0.15, 0.2) is 89.4 Å². The zero-order valence-electron chi connectivity index (χ0n) is 49.5. The van der Waals surface area contributed by atoms with Gasteiger partial charge in [0.15, 0.2) is 11.6 Å². The van der Waals surface area contributed by atoms with Crippen LogP contribution in [0.5, 0.6) is 5.75 Å². The van der Waals surface area contributed by atoms with E-state index in [0.29, 0.717) is 104 Å². The molecule has 1 saturated heterocycles. The number of benzene rings is 3. The minimum Gasteiger partial charge on any atom is -0.494 e. The number of allylic oxidation sites excluding steroid dienone is 1. The Morgan fingerprint density at radius 3 is 2.18 bits per heavy atom. The molecule has 4 heterocycles. The lowest BCUT2D eigenvalue weighted by Gasteiger charge is -2.19. The highest BCUT2D eigenvalue weighted by molar-refractivity contribution is 7.79. The van der Waals surface area contributed by atoms with Crippen molar-refractivity contribution in [1.29, 1.82) is 0 Å². The number of amides is 4. The van der Waals surface area contributed by atoms with Gasteiger partial charge in [-0.25, -0.2) is 4.98 Å². The van der Waals surface area contributed by atoms with Crippen LogP contribution in [0, 0.1) is 12.3 Å². The molecular formula is C61H89N11O8S2. The molecule has 7 rings (SSSR count). The number of hydrogen-bond donors (Lipinski definition) is 6. The number of hydrogen-bond acceptors (Lipinski definition) is 16. The Balaban J connectivity index is 0.000000441. The molecule has 448 valence electrons. The lowest BCUT2D eigenvalue weighted by molar-refractivity contribution is -0.131. The van der Waals surface area contributed by atoms with E-state index < -0.39 is 0 Å². The third-order valence-electron chi connectivity index (χ3n) is 12.7. The van der Waals surface area contributed by atoms with Crippen LogP contribution >= 0.6 is 24.0 Å². The first kappa shape index (κ1) is 67.9. The van der Waals surface area contributed by atoms with Gasteiger partial charge in [0.25, 0.3) is 5.91 Å². The molecule has 4 amide bonds. The standard InChI is InChI=1S/C41H60N8O6.C17H19N3O2S.C2H6.CH4S/c1-41(2,3)30-45-38(50)16-11-20-53-23-25-54-24-22-52-19-7-5-6-8-21-55-35-15-9-12-32(26-35)28-44-40(51)33-13-10-14-34(27-33)43-29-37-47-48-39(49(37)4)36-17-18-42-31-46-36;1-12-16(23-10-19-12)14-6-4-13(5-7-14)9-18-17(22)15-3-2-8-20(15)11-21;2*1-2/h9-10,12-15,17-18,26-27,43,46H,5-8,11,16,19-25,28-31H2,1-4H3,(H,44,51)(H,45,50);4-7,10-11,15H,2-3,8-9H2,1H3,(H,18,22);1-2H3;2H,1H3. The van der Waals surface area contributed by atoms with E-state index in [2.05, 4.69) is 92.3 Å². The molecular weight excluding hydrogens is 1080 g/mol. The molecule has 0 saturated carbocycles. The van der Waals surface area contributed by atoms with Gasteiger partial charge in [0, 0.05) is 70.3 Å². The van der Waals surface area contributed by atoms with Crippen molar-refractivity contribution in [2.75, 3.05) is 77.6 Å². The topological polar surface area (TPSA) is 225 Å². The zero-order valence-corrected chi connectivity index (χ0v) is 51.2. The summed E-state index contributed by atoms with van der Waals surface area (Å²) in [7, 11) is 1.92. The summed E-state index contributed by atoms with van der Waals surface area (Å²) in [4.78, 5) is 59.0. The van der Waals surface area contributed by atoms with Gasteiger partial charge >= 0.3 is 0 Å². The van der Waals surface area contributed by atoms with Gasteiger partial charge in [0.2, 0.25) is 18.2 Å². The molecule has 3 aromatic carbocycles. The molecule has 2 aliphatic rings. The van der Waals surface area contributed by atoms with E-state index in [1.54, 1.807) is 34.8 Å². The van der Waals surface area contributed by atoms with Crippen molar-refractivity contribution in [3.63, 3.8) is 0 Å². The lowest BCUT2D eigenvalue weighted by atomic mass is 9.97. The fraction of sp³-hybridized carbons (Fsp3) is 0.508. The molecule has 0 aliphatic carbocycles. The van der Waals surface area contributed by atoms with Crippen molar-refractivity contribution in [2.45, 2.75) is 119 Å². The van der Waals surface area contributed by atoms with Crippen LogP contribution in [0.4, 0.5) is 5.69 Å². The first-order valence-corrected chi connectivity index (χ1v) is 30.2. The quantitative estimate of drug-likeness (QED) is 0.0139. The number of thiol groups is 1. The van der Waals surface area contributed by atoms with Crippen LogP contribution in [-0.4, -0.2) is 133 Å². The average Bonchev–Trinajstić information content (AvgIpc) is 4.38. The van der Waals surface area contributed by atoms with Crippen molar-refractivity contribution in [3.8, 4) is 16.2 Å². The van der Waals surface area contributed by atoms with Crippen LogP contribution in [0.2, 0.25) is 0 Å². The molecule has 0 radical (unpaired) electrons. The van der Waals surface area contributed by atoms with Crippen molar-refractivity contribution in [3.05, 3.63) is 118 Å². The number of aliphatic imine (C=N–C) groups is 1. The Bertz CT molecular complexity index is 2710. The fourth-order valence-corrected chi connectivity index (χ4v) is 9.10. The summed E-state index contributed by atoms with van der Waals surface area (Å²) < 4.78 is 24.7. The van der Waals surface area contributed by atoms with E-state index in [0.717, 1.165) is 96.1 Å². The van der Waals surface area contributed by atoms with E-state index in [-0.39, 0.29) is 29.2 Å². The molecule has 21 heteroatoms. The maximum absolute atomic E-state index is 13.0. The summed E-state index contributed by atoms with van der Waals surface area (Å²) in [5.74, 6) is 2.14.